The molecule has 0 rings (SSSR count). The predicted molar refractivity (Wildman–Crippen MR) is 67.0 cm³/mol. The molecule has 0 aliphatic heterocycles. The largest absolute Gasteiger partial charge is 0.299 e. The molecule has 0 heterocycles. The second kappa shape index (κ2) is 9.56. The first-order chi connectivity index (χ1) is 7.67. The van der Waals surface area contributed by atoms with Crippen molar-refractivity contribution in [2.45, 2.75) is 65.7 Å². The Labute approximate surface area is 99.8 Å². The summed E-state index contributed by atoms with van der Waals surface area (Å²) in [6.07, 6.45) is 8.84. The van der Waals surface area contributed by atoms with Gasteiger partial charge < -0.3 is 0 Å². The van der Waals surface area contributed by atoms with E-state index in [1.54, 1.807) is 0 Å². The molecule has 0 N–H and O–H groups in total. The lowest BCUT2D eigenvalue weighted by molar-refractivity contribution is -0.124. The first-order valence-electron chi connectivity index (χ1n) is 6.58. The van der Waals surface area contributed by atoms with Crippen molar-refractivity contribution in [3.05, 3.63) is 0 Å². The van der Waals surface area contributed by atoms with Gasteiger partial charge in [-0.1, -0.05) is 52.9 Å². The highest BCUT2D eigenvalue weighted by Crippen LogP contribution is 2.17. The Hall–Kier alpha value is -0.660. The van der Waals surface area contributed by atoms with Crippen molar-refractivity contribution in [1.29, 1.82) is 0 Å². The fraction of sp³-hybridized carbons (Fsp3) is 0.857. The molecule has 0 amide bonds. The van der Waals surface area contributed by atoms with Gasteiger partial charge in [0.05, 0.1) is 5.92 Å². The Bertz CT molecular complexity index is 199. The first kappa shape index (κ1) is 15.3. The van der Waals surface area contributed by atoms with Gasteiger partial charge in [0.25, 0.3) is 0 Å². The summed E-state index contributed by atoms with van der Waals surface area (Å²) in [5.41, 5.74) is 0. The van der Waals surface area contributed by atoms with Crippen molar-refractivity contribution in [3.8, 4) is 0 Å². The van der Waals surface area contributed by atoms with Gasteiger partial charge in [-0.3, -0.25) is 9.59 Å². The lowest BCUT2D eigenvalue weighted by atomic mass is 9.88. The van der Waals surface area contributed by atoms with Crippen LogP contribution in [0.3, 0.4) is 0 Å². The highest BCUT2D eigenvalue weighted by molar-refractivity contribution is 5.94. The smallest absolute Gasteiger partial charge is 0.209 e. The summed E-state index contributed by atoms with van der Waals surface area (Å²) < 4.78 is 0. The van der Waals surface area contributed by atoms with Crippen LogP contribution in [0.15, 0.2) is 0 Å². The van der Waals surface area contributed by atoms with Crippen LogP contribution in [-0.2, 0) is 9.59 Å². The molecule has 0 aromatic rings. The van der Waals surface area contributed by atoms with E-state index in [0.29, 0.717) is 6.42 Å². The van der Waals surface area contributed by atoms with Crippen molar-refractivity contribution < 1.29 is 9.59 Å². The van der Waals surface area contributed by atoms with E-state index in [1.165, 1.54) is 0 Å². The molecule has 0 saturated carbocycles. The first-order valence-corrected chi connectivity index (χ1v) is 6.58. The van der Waals surface area contributed by atoms with Crippen LogP contribution in [0.2, 0.25) is 0 Å². The zero-order chi connectivity index (χ0) is 12.4. The molecule has 2 heteroatoms. The molecule has 0 aliphatic carbocycles. The van der Waals surface area contributed by atoms with Crippen molar-refractivity contribution in [1.82, 2.24) is 0 Å². The monoisotopic (exact) mass is 225 g/mol. The van der Waals surface area contributed by atoms with Crippen LogP contribution in [0.4, 0.5) is 0 Å². The summed E-state index contributed by atoms with van der Waals surface area (Å²) in [6.45, 7) is 6.16. The molecule has 0 aliphatic rings. The van der Waals surface area contributed by atoms with Crippen molar-refractivity contribution >= 4 is 12.1 Å². The quantitative estimate of drug-likeness (QED) is 0.420. The lowest BCUT2D eigenvalue weighted by Crippen LogP contribution is -2.23. The van der Waals surface area contributed by atoms with Crippen LogP contribution < -0.4 is 0 Å². The highest BCUT2D eigenvalue weighted by Gasteiger charge is 2.23. The molecule has 0 aromatic heterocycles. The lowest BCUT2D eigenvalue weighted by Gasteiger charge is -2.14. The standard InChI is InChI=1S/C14H25O2/c1-4-6-8-10-13(11-15)14(16)12(3)9-7-5-2/h12-13H,4-10H2,1-3H3. The van der Waals surface area contributed by atoms with E-state index >= 15 is 0 Å². The Morgan fingerprint density at radius 1 is 1.06 bits per heavy atom. The highest BCUT2D eigenvalue weighted by atomic mass is 16.1. The van der Waals surface area contributed by atoms with Gasteiger partial charge in [0.1, 0.15) is 5.78 Å². The number of rotatable bonds is 10. The summed E-state index contributed by atoms with van der Waals surface area (Å²) in [7, 11) is 0. The molecule has 2 unspecified atom stereocenters. The molecule has 0 spiro atoms. The molecule has 2 atom stereocenters. The van der Waals surface area contributed by atoms with Crippen LogP contribution >= 0.6 is 0 Å². The average molecular weight is 225 g/mol. The van der Waals surface area contributed by atoms with Gasteiger partial charge in [-0.15, -0.1) is 0 Å². The van der Waals surface area contributed by atoms with Gasteiger partial charge in [0.2, 0.25) is 6.29 Å². The van der Waals surface area contributed by atoms with Crippen LogP contribution in [0.25, 0.3) is 0 Å². The van der Waals surface area contributed by atoms with Crippen molar-refractivity contribution in [3.63, 3.8) is 0 Å². The molecular weight excluding hydrogens is 200 g/mol. The maximum atomic E-state index is 11.9. The van der Waals surface area contributed by atoms with Gasteiger partial charge >= 0.3 is 0 Å². The number of Topliss-reactive ketones (excluding diaryl/α,β-unsaturated/α-hetero) is 1. The number of carbonyl (C=O) groups excluding carboxylic acids is 2. The van der Waals surface area contributed by atoms with Gasteiger partial charge in [-0.25, -0.2) is 0 Å². The number of unbranched alkanes of at least 4 members (excludes halogenated alkanes) is 3. The molecule has 0 fully saturated rings. The van der Waals surface area contributed by atoms with Crippen LogP contribution in [0.1, 0.15) is 65.7 Å². The van der Waals surface area contributed by atoms with E-state index in [1.807, 2.05) is 13.2 Å². The minimum atomic E-state index is -0.474. The van der Waals surface area contributed by atoms with Gasteiger partial charge in [-0.2, -0.15) is 0 Å². The van der Waals surface area contributed by atoms with Crippen LogP contribution in [0.5, 0.6) is 0 Å². The van der Waals surface area contributed by atoms with E-state index in [0.717, 1.165) is 38.5 Å². The van der Waals surface area contributed by atoms with E-state index < -0.39 is 5.92 Å². The summed E-state index contributed by atoms with van der Waals surface area (Å²) >= 11 is 0. The number of carbonyl (C=O) groups is 1. The number of ketones is 1. The molecular formula is C14H25O2. The molecule has 0 aromatic carbocycles. The summed E-state index contributed by atoms with van der Waals surface area (Å²) in [6, 6.07) is 0. The Kier molecular flexibility index (Phi) is 9.16. The fourth-order valence-corrected chi connectivity index (χ4v) is 1.85. The van der Waals surface area contributed by atoms with E-state index in [9.17, 15) is 9.59 Å². The average Bonchev–Trinajstić information content (AvgIpc) is 2.31. The normalized spacial score (nSPS) is 14.4. The van der Waals surface area contributed by atoms with E-state index in [2.05, 4.69) is 13.8 Å². The Balaban J connectivity index is 4.02. The summed E-state index contributed by atoms with van der Waals surface area (Å²) in [4.78, 5) is 22.7. The topological polar surface area (TPSA) is 34.1 Å². The molecule has 93 valence electrons. The molecule has 16 heavy (non-hydrogen) atoms. The number of hydrogen-bond donors (Lipinski definition) is 0. The fourth-order valence-electron chi connectivity index (χ4n) is 1.85. The third-order valence-corrected chi connectivity index (χ3v) is 3.06. The zero-order valence-electron chi connectivity index (χ0n) is 10.9. The van der Waals surface area contributed by atoms with Gasteiger partial charge in [0, 0.05) is 5.92 Å². The third-order valence-electron chi connectivity index (χ3n) is 3.06. The Morgan fingerprint density at radius 2 is 1.69 bits per heavy atom. The minimum Gasteiger partial charge on any atom is -0.299 e. The zero-order valence-corrected chi connectivity index (χ0v) is 10.9. The minimum absolute atomic E-state index is 0.0213. The van der Waals surface area contributed by atoms with E-state index in [4.69, 9.17) is 0 Å². The molecule has 0 bridgehead atoms. The molecule has 2 nitrogen and oxygen atoms in total. The van der Waals surface area contributed by atoms with Gasteiger partial charge in [0.15, 0.2) is 0 Å². The SMILES string of the molecule is CCCCCC([C]=O)C(=O)C(C)CCCC. The maximum absolute atomic E-state index is 11.9. The predicted octanol–water partition coefficient (Wildman–Crippen LogP) is 3.69. The second-order valence-electron chi connectivity index (χ2n) is 4.61. The summed E-state index contributed by atoms with van der Waals surface area (Å²) in [5.74, 6) is -0.356. The molecule has 0 saturated heterocycles. The summed E-state index contributed by atoms with van der Waals surface area (Å²) in [5, 5.41) is 0. The maximum Gasteiger partial charge on any atom is 0.209 e. The third kappa shape index (κ3) is 6.04. The van der Waals surface area contributed by atoms with Gasteiger partial charge in [-0.05, 0) is 12.8 Å². The van der Waals surface area contributed by atoms with Crippen LogP contribution in [-0.4, -0.2) is 12.1 Å². The number of hydrogen-bond acceptors (Lipinski definition) is 2. The Morgan fingerprint density at radius 3 is 2.19 bits per heavy atom. The second-order valence-corrected chi connectivity index (χ2v) is 4.61. The van der Waals surface area contributed by atoms with E-state index in [-0.39, 0.29) is 11.7 Å². The van der Waals surface area contributed by atoms with Crippen molar-refractivity contribution in [2.75, 3.05) is 0 Å². The van der Waals surface area contributed by atoms with Crippen LogP contribution in [0, 0.1) is 11.8 Å². The molecule has 1 radical (unpaired) electrons. The van der Waals surface area contributed by atoms with Crippen molar-refractivity contribution in [2.24, 2.45) is 11.8 Å².